The van der Waals surface area contributed by atoms with Gasteiger partial charge in [-0.05, 0) is 101 Å². The number of benzene rings is 1. The van der Waals surface area contributed by atoms with Crippen LogP contribution in [0.5, 0.6) is 11.5 Å². The summed E-state index contributed by atoms with van der Waals surface area (Å²) in [5.41, 5.74) is -0.941. The van der Waals surface area contributed by atoms with Gasteiger partial charge in [0.2, 0.25) is 12.7 Å². The summed E-state index contributed by atoms with van der Waals surface area (Å²) in [6, 6.07) is 3.94. The quantitative estimate of drug-likeness (QED) is 0.354. The summed E-state index contributed by atoms with van der Waals surface area (Å²) in [6.07, 6.45) is 4.96. The predicted molar refractivity (Wildman–Crippen MR) is 155 cm³/mol. The van der Waals surface area contributed by atoms with Gasteiger partial charge in [-0.1, -0.05) is 6.92 Å². The van der Waals surface area contributed by atoms with E-state index in [9.17, 15) is 19.8 Å². The number of nitrogens with zero attached hydrogens (tertiary/aromatic N) is 1. The van der Waals surface area contributed by atoms with E-state index in [0.717, 1.165) is 43.4 Å². The zero-order chi connectivity index (χ0) is 30.1. The Labute approximate surface area is 248 Å². The van der Waals surface area contributed by atoms with Gasteiger partial charge in [0, 0.05) is 25.0 Å². The largest absolute Gasteiger partial charge is 0.497 e. The summed E-state index contributed by atoms with van der Waals surface area (Å²) in [7, 11) is 1.57. The number of hydrogen-bond acceptors (Lipinski definition) is 9. The number of nitrogens with one attached hydrogen (secondary N) is 1. The Morgan fingerprint density at radius 1 is 1.12 bits per heavy atom. The molecule has 1 aliphatic carbocycles. The minimum absolute atomic E-state index is 0.00659. The average Bonchev–Trinajstić information content (AvgIpc) is 3.61. The minimum atomic E-state index is -2.04. The van der Waals surface area contributed by atoms with Crippen molar-refractivity contribution in [3.63, 3.8) is 0 Å². The van der Waals surface area contributed by atoms with Crippen LogP contribution in [0.25, 0.3) is 0 Å². The molecule has 0 saturated carbocycles. The maximum absolute atomic E-state index is 14.1. The molecule has 1 aromatic rings. The number of carbonyl (C=O) groups excluding carboxylic acids is 2. The highest BCUT2D eigenvalue weighted by molar-refractivity contribution is 5.88. The third kappa shape index (κ3) is 6.40. The summed E-state index contributed by atoms with van der Waals surface area (Å²) in [4.78, 5) is 29.0. The van der Waals surface area contributed by atoms with E-state index in [2.05, 4.69) is 12.2 Å². The number of methoxy groups -OCH3 is 1. The first kappa shape index (κ1) is 30.6. The van der Waals surface area contributed by atoms with Crippen LogP contribution in [-0.2, 0) is 25.5 Å². The van der Waals surface area contributed by atoms with Crippen molar-refractivity contribution in [1.82, 2.24) is 10.2 Å². The van der Waals surface area contributed by atoms with Crippen molar-refractivity contribution in [2.45, 2.75) is 101 Å². The van der Waals surface area contributed by atoms with Crippen molar-refractivity contribution in [2.24, 2.45) is 5.92 Å². The zero-order valence-electron chi connectivity index (χ0n) is 25.3. The van der Waals surface area contributed by atoms with Gasteiger partial charge >= 0.3 is 5.97 Å². The van der Waals surface area contributed by atoms with Crippen LogP contribution in [0.2, 0.25) is 0 Å². The lowest BCUT2D eigenvalue weighted by Crippen LogP contribution is -2.52. The molecule has 0 unspecified atom stereocenters. The normalized spacial score (nSPS) is 26.4. The number of esters is 1. The zero-order valence-corrected chi connectivity index (χ0v) is 25.3. The van der Waals surface area contributed by atoms with Gasteiger partial charge in [0.15, 0.2) is 23.2 Å². The van der Waals surface area contributed by atoms with E-state index in [0.29, 0.717) is 43.2 Å². The third-order valence-electron chi connectivity index (χ3n) is 9.20. The lowest BCUT2D eigenvalue weighted by molar-refractivity contribution is -0.177. The van der Waals surface area contributed by atoms with Crippen molar-refractivity contribution in [3.05, 3.63) is 35.1 Å². The van der Waals surface area contributed by atoms with Gasteiger partial charge in [0.25, 0.3) is 0 Å². The molecule has 10 nitrogen and oxygen atoms in total. The Morgan fingerprint density at radius 2 is 1.83 bits per heavy atom. The molecule has 3 N–H and O–H groups in total. The number of carbonyl (C=O) groups is 2. The number of fused-ring (bicyclic) bond motifs is 4. The molecule has 0 radical (unpaired) electrons. The fraction of sp³-hybridized carbons (Fsp3) is 0.688. The number of amides is 1. The number of likely N-dealkylation sites (tertiary alicyclic amines) is 1. The van der Waals surface area contributed by atoms with Gasteiger partial charge in [0.05, 0.1) is 19.1 Å². The Bertz CT molecular complexity index is 1190. The van der Waals surface area contributed by atoms with Crippen molar-refractivity contribution >= 4 is 11.9 Å². The smallest absolute Gasteiger partial charge is 0.339 e. The summed E-state index contributed by atoms with van der Waals surface area (Å²) in [5.74, 6) is 0.569. The van der Waals surface area contributed by atoms with Crippen LogP contribution in [-0.4, -0.2) is 83.9 Å². The fourth-order valence-electron chi connectivity index (χ4n) is 6.89. The van der Waals surface area contributed by atoms with Gasteiger partial charge in [-0.2, -0.15) is 0 Å². The van der Waals surface area contributed by atoms with Crippen LogP contribution in [0.1, 0.15) is 82.8 Å². The lowest BCUT2D eigenvalue weighted by Gasteiger charge is -2.42. The first-order chi connectivity index (χ1) is 20.0. The SMILES string of the molecule is CC[C@@H]1C=C(OC)[C@@H](OC(=O)[C@@](O)(CCCC(C)(C)O)CC(=O)N2CCCC2)[C@H]2c3cc4c(cc3CCN[C@@H]21)OCO4. The second-order valence-electron chi connectivity index (χ2n) is 12.8. The maximum atomic E-state index is 14.1. The molecular formula is C32H46N2O8. The molecule has 1 amide bonds. The van der Waals surface area contributed by atoms with Crippen LogP contribution >= 0.6 is 0 Å². The Kier molecular flexibility index (Phi) is 9.06. The van der Waals surface area contributed by atoms with Crippen LogP contribution in [0.15, 0.2) is 24.0 Å². The fourth-order valence-corrected chi connectivity index (χ4v) is 6.89. The molecule has 0 aromatic heterocycles. The topological polar surface area (TPSA) is 127 Å². The second-order valence-corrected chi connectivity index (χ2v) is 12.8. The minimum Gasteiger partial charge on any atom is -0.497 e. The molecule has 0 bridgehead atoms. The summed E-state index contributed by atoms with van der Waals surface area (Å²) >= 11 is 0. The molecule has 1 aromatic carbocycles. The summed E-state index contributed by atoms with van der Waals surface area (Å²) < 4.78 is 23.5. The van der Waals surface area contributed by atoms with E-state index in [1.54, 1.807) is 25.9 Å². The average molecular weight is 587 g/mol. The first-order valence-electron chi connectivity index (χ1n) is 15.4. The molecule has 232 valence electrons. The lowest BCUT2D eigenvalue weighted by atomic mass is 9.73. The van der Waals surface area contributed by atoms with E-state index in [-0.39, 0.29) is 43.4 Å². The standard InChI is InChI=1S/C32H46N2O8/c1-5-20-15-25(39-4)29(27-22-17-24-23(40-19-41-24)16-21(22)9-12-33-28(20)27)42-30(36)32(38,11-8-10-31(2,3)37)18-26(35)34-13-6-7-14-34/h15-17,20,27-29,33,37-38H,5-14,18-19H2,1-4H3/t20-,27+,28-,29-,32-/m1/s1. The predicted octanol–water partition coefficient (Wildman–Crippen LogP) is 3.18. The molecule has 0 spiro atoms. The van der Waals surface area contributed by atoms with E-state index >= 15 is 0 Å². The van der Waals surface area contributed by atoms with Crippen LogP contribution in [0.4, 0.5) is 0 Å². The van der Waals surface area contributed by atoms with Crippen molar-refractivity contribution < 1.29 is 38.7 Å². The van der Waals surface area contributed by atoms with Gasteiger partial charge < -0.3 is 39.4 Å². The van der Waals surface area contributed by atoms with Gasteiger partial charge in [-0.3, -0.25) is 4.79 Å². The second kappa shape index (κ2) is 12.4. The number of hydrogen-bond donors (Lipinski definition) is 3. The molecule has 4 aliphatic rings. The molecule has 10 heteroatoms. The van der Waals surface area contributed by atoms with Gasteiger partial charge in [0.1, 0.15) is 5.76 Å². The molecule has 1 fully saturated rings. The molecule has 3 heterocycles. The van der Waals surface area contributed by atoms with Crippen molar-refractivity contribution in [2.75, 3.05) is 33.5 Å². The van der Waals surface area contributed by atoms with E-state index in [4.69, 9.17) is 18.9 Å². The number of ether oxygens (including phenoxy) is 4. The Hall–Kier alpha value is -2.82. The molecule has 5 atom stereocenters. The van der Waals surface area contributed by atoms with E-state index in [1.165, 1.54) is 0 Å². The Morgan fingerprint density at radius 3 is 2.50 bits per heavy atom. The van der Waals surface area contributed by atoms with Crippen molar-refractivity contribution in [3.8, 4) is 11.5 Å². The van der Waals surface area contributed by atoms with Crippen LogP contribution < -0.4 is 14.8 Å². The highest BCUT2D eigenvalue weighted by Gasteiger charge is 2.49. The van der Waals surface area contributed by atoms with Crippen LogP contribution in [0, 0.1) is 5.92 Å². The Balaban J connectivity index is 1.48. The van der Waals surface area contributed by atoms with Gasteiger partial charge in [-0.15, -0.1) is 0 Å². The maximum Gasteiger partial charge on any atom is 0.339 e. The third-order valence-corrected chi connectivity index (χ3v) is 9.20. The van der Waals surface area contributed by atoms with Gasteiger partial charge in [-0.25, -0.2) is 4.79 Å². The monoisotopic (exact) mass is 586 g/mol. The van der Waals surface area contributed by atoms with E-state index < -0.39 is 23.3 Å². The van der Waals surface area contributed by atoms with Crippen LogP contribution in [0.3, 0.4) is 0 Å². The first-order valence-corrected chi connectivity index (χ1v) is 15.4. The summed E-state index contributed by atoms with van der Waals surface area (Å²) in [5, 5.41) is 25.8. The highest BCUT2D eigenvalue weighted by atomic mass is 16.7. The molecule has 1 saturated heterocycles. The summed E-state index contributed by atoms with van der Waals surface area (Å²) in [6.45, 7) is 7.63. The highest BCUT2D eigenvalue weighted by Crippen LogP contribution is 2.46. The molecule has 42 heavy (non-hydrogen) atoms. The molecular weight excluding hydrogens is 540 g/mol. The molecule has 3 aliphatic heterocycles. The number of rotatable bonds is 10. The van der Waals surface area contributed by atoms with Crippen molar-refractivity contribution in [1.29, 1.82) is 0 Å². The van der Waals surface area contributed by atoms with E-state index in [1.807, 2.05) is 18.2 Å². The number of aliphatic hydroxyl groups is 2. The molecule has 5 rings (SSSR count).